The Hall–Kier alpha value is -2.45. The van der Waals surface area contributed by atoms with Gasteiger partial charge in [0.25, 0.3) is 5.91 Å². The molecule has 88 valence electrons. The quantitative estimate of drug-likeness (QED) is 0.677. The topological polar surface area (TPSA) is 65.8 Å². The van der Waals surface area contributed by atoms with Gasteiger partial charge in [-0.2, -0.15) is 5.26 Å². The zero-order valence-electron chi connectivity index (χ0n) is 9.33. The first-order valence-electron chi connectivity index (χ1n) is 5.17. The van der Waals surface area contributed by atoms with Crippen LogP contribution in [0.1, 0.15) is 5.56 Å². The Bertz CT molecular complexity index is 597. The van der Waals surface area contributed by atoms with Crippen LogP contribution in [0, 0.1) is 11.3 Å². The lowest BCUT2D eigenvalue weighted by molar-refractivity contribution is -0.112. The fourth-order valence-electron chi connectivity index (χ4n) is 1.31. The van der Waals surface area contributed by atoms with Gasteiger partial charge in [0, 0.05) is 11.6 Å². The number of nitrogens with zero attached hydrogens (tertiary/aromatic N) is 2. The summed E-state index contributed by atoms with van der Waals surface area (Å²) in [5.41, 5.74) is 0.861. The van der Waals surface area contributed by atoms with E-state index in [0.717, 1.165) is 5.56 Å². The number of hydrogen-bond acceptors (Lipinski definition) is 4. The predicted molar refractivity (Wildman–Crippen MR) is 70.8 cm³/mol. The van der Waals surface area contributed by atoms with E-state index in [1.54, 1.807) is 17.7 Å². The molecule has 0 atom stereocenters. The standard InChI is InChI=1S/C13H9N3OS/c14-9-11(8-10-4-2-1-3-5-10)12(17)16-13-15-6-7-18-13/h1-8H,(H,15,16,17)/b11-8-. The lowest BCUT2D eigenvalue weighted by Crippen LogP contribution is -2.13. The Morgan fingerprint density at radius 2 is 2.17 bits per heavy atom. The van der Waals surface area contributed by atoms with E-state index in [-0.39, 0.29) is 5.57 Å². The summed E-state index contributed by atoms with van der Waals surface area (Å²) in [5.74, 6) is -0.448. The van der Waals surface area contributed by atoms with Crippen molar-refractivity contribution in [3.05, 3.63) is 53.0 Å². The van der Waals surface area contributed by atoms with Gasteiger partial charge in [-0.1, -0.05) is 30.3 Å². The van der Waals surface area contributed by atoms with Crippen LogP contribution in [-0.4, -0.2) is 10.9 Å². The number of nitrogens with one attached hydrogen (secondary N) is 1. The van der Waals surface area contributed by atoms with Gasteiger partial charge in [-0.3, -0.25) is 10.1 Å². The molecule has 18 heavy (non-hydrogen) atoms. The van der Waals surface area contributed by atoms with Crippen molar-refractivity contribution in [1.29, 1.82) is 5.26 Å². The fraction of sp³-hybridized carbons (Fsp3) is 0. The molecular weight excluding hydrogens is 246 g/mol. The normalized spacial score (nSPS) is 10.7. The highest BCUT2D eigenvalue weighted by molar-refractivity contribution is 7.13. The van der Waals surface area contributed by atoms with Gasteiger partial charge < -0.3 is 0 Å². The Morgan fingerprint density at radius 1 is 1.39 bits per heavy atom. The van der Waals surface area contributed by atoms with Crippen LogP contribution in [0.3, 0.4) is 0 Å². The summed E-state index contributed by atoms with van der Waals surface area (Å²) in [6, 6.07) is 11.1. The molecule has 2 aromatic rings. The molecule has 0 aliphatic heterocycles. The van der Waals surface area contributed by atoms with Gasteiger partial charge in [-0.25, -0.2) is 4.98 Å². The Morgan fingerprint density at radius 3 is 2.78 bits per heavy atom. The fourth-order valence-corrected chi connectivity index (χ4v) is 1.84. The molecule has 0 fully saturated rings. The summed E-state index contributed by atoms with van der Waals surface area (Å²) in [4.78, 5) is 15.7. The van der Waals surface area contributed by atoms with E-state index in [1.165, 1.54) is 11.3 Å². The third-order valence-electron chi connectivity index (χ3n) is 2.13. The van der Waals surface area contributed by atoms with E-state index >= 15 is 0 Å². The Kier molecular flexibility index (Phi) is 3.84. The summed E-state index contributed by atoms with van der Waals surface area (Å²) in [7, 11) is 0. The maximum absolute atomic E-state index is 11.8. The number of rotatable bonds is 3. The molecule has 2 rings (SSSR count). The number of aromatic nitrogens is 1. The molecule has 0 saturated carbocycles. The third kappa shape index (κ3) is 3.03. The van der Waals surface area contributed by atoms with Gasteiger partial charge in [-0.05, 0) is 11.6 Å². The minimum Gasteiger partial charge on any atom is -0.297 e. The Labute approximate surface area is 108 Å². The maximum Gasteiger partial charge on any atom is 0.268 e. The van der Waals surface area contributed by atoms with Crippen LogP contribution in [0.4, 0.5) is 5.13 Å². The molecule has 0 aliphatic carbocycles. The highest BCUT2D eigenvalue weighted by Gasteiger charge is 2.10. The van der Waals surface area contributed by atoms with Gasteiger partial charge in [-0.15, -0.1) is 11.3 Å². The molecule has 5 heteroatoms. The highest BCUT2D eigenvalue weighted by atomic mass is 32.1. The van der Waals surface area contributed by atoms with Crippen LogP contribution in [0.5, 0.6) is 0 Å². The second kappa shape index (κ2) is 5.75. The van der Waals surface area contributed by atoms with Crippen LogP contribution in [0.2, 0.25) is 0 Å². The summed E-state index contributed by atoms with van der Waals surface area (Å²) >= 11 is 1.31. The summed E-state index contributed by atoms with van der Waals surface area (Å²) < 4.78 is 0. The van der Waals surface area contributed by atoms with Crippen molar-refractivity contribution in [1.82, 2.24) is 4.98 Å². The van der Waals surface area contributed by atoms with E-state index in [2.05, 4.69) is 10.3 Å². The maximum atomic E-state index is 11.8. The number of amides is 1. The monoisotopic (exact) mass is 255 g/mol. The molecule has 4 nitrogen and oxygen atoms in total. The number of carbonyl (C=O) groups is 1. The molecule has 0 spiro atoms. The number of nitriles is 1. The lowest BCUT2D eigenvalue weighted by Gasteiger charge is -1.99. The van der Waals surface area contributed by atoms with Crippen molar-refractivity contribution in [3.8, 4) is 6.07 Å². The van der Waals surface area contributed by atoms with Gasteiger partial charge in [0.05, 0.1) is 0 Å². The first-order chi connectivity index (χ1) is 8.79. The van der Waals surface area contributed by atoms with Crippen molar-refractivity contribution >= 4 is 28.5 Å². The molecule has 1 heterocycles. The van der Waals surface area contributed by atoms with Crippen molar-refractivity contribution in [2.24, 2.45) is 0 Å². The average molecular weight is 255 g/mol. The molecule has 0 unspecified atom stereocenters. The number of carbonyl (C=O) groups excluding carboxylic acids is 1. The van der Waals surface area contributed by atoms with Crippen LogP contribution < -0.4 is 5.32 Å². The van der Waals surface area contributed by atoms with Gasteiger partial charge in [0.15, 0.2) is 5.13 Å². The van der Waals surface area contributed by atoms with Crippen molar-refractivity contribution < 1.29 is 4.79 Å². The molecular formula is C13H9N3OS. The van der Waals surface area contributed by atoms with Gasteiger partial charge >= 0.3 is 0 Å². The summed E-state index contributed by atoms with van der Waals surface area (Å²) in [5, 5.41) is 13.8. The second-order valence-electron chi connectivity index (χ2n) is 3.37. The molecule has 0 radical (unpaired) electrons. The number of anilines is 1. The minimum atomic E-state index is -0.448. The first-order valence-corrected chi connectivity index (χ1v) is 6.05. The smallest absolute Gasteiger partial charge is 0.268 e. The molecule has 1 aromatic heterocycles. The molecule has 1 N–H and O–H groups in total. The third-order valence-corrected chi connectivity index (χ3v) is 2.82. The average Bonchev–Trinajstić information content (AvgIpc) is 2.90. The highest BCUT2D eigenvalue weighted by Crippen LogP contribution is 2.13. The minimum absolute atomic E-state index is 0.0522. The first kappa shape index (κ1) is 12.0. The molecule has 1 amide bonds. The SMILES string of the molecule is N#C/C(=C/c1ccccc1)C(=O)Nc1nccs1. The predicted octanol–water partition coefficient (Wildman–Crippen LogP) is 2.69. The van der Waals surface area contributed by atoms with Crippen molar-refractivity contribution in [2.75, 3.05) is 5.32 Å². The molecule has 0 aliphatic rings. The molecule has 0 saturated heterocycles. The van der Waals surface area contributed by atoms with E-state index in [9.17, 15) is 4.79 Å². The van der Waals surface area contributed by atoms with Gasteiger partial charge in [0.1, 0.15) is 11.6 Å². The summed E-state index contributed by atoms with van der Waals surface area (Å²) in [6.07, 6.45) is 3.14. The Balaban J connectivity index is 2.17. The molecule has 0 bridgehead atoms. The lowest BCUT2D eigenvalue weighted by atomic mass is 10.1. The van der Waals surface area contributed by atoms with Crippen LogP contribution in [0.15, 0.2) is 47.5 Å². The van der Waals surface area contributed by atoms with E-state index < -0.39 is 5.91 Å². The van der Waals surface area contributed by atoms with Gasteiger partial charge in [0.2, 0.25) is 0 Å². The number of thiazole rings is 1. The van der Waals surface area contributed by atoms with E-state index in [0.29, 0.717) is 5.13 Å². The van der Waals surface area contributed by atoms with E-state index in [1.807, 2.05) is 36.4 Å². The van der Waals surface area contributed by atoms with Crippen LogP contribution in [-0.2, 0) is 4.79 Å². The zero-order valence-corrected chi connectivity index (χ0v) is 10.1. The largest absolute Gasteiger partial charge is 0.297 e. The number of benzene rings is 1. The number of hydrogen-bond donors (Lipinski definition) is 1. The van der Waals surface area contributed by atoms with Crippen LogP contribution >= 0.6 is 11.3 Å². The van der Waals surface area contributed by atoms with Crippen molar-refractivity contribution in [2.45, 2.75) is 0 Å². The summed E-state index contributed by atoms with van der Waals surface area (Å²) in [6.45, 7) is 0. The van der Waals surface area contributed by atoms with E-state index in [4.69, 9.17) is 5.26 Å². The van der Waals surface area contributed by atoms with Crippen LogP contribution in [0.25, 0.3) is 6.08 Å². The zero-order chi connectivity index (χ0) is 12.8. The van der Waals surface area contributed by atoms with Crippen molar-refractivity contribution in [3.63, 3.8) is 0 Å². The molecule has 1 aromatic carbocycles. The second-order valence-corrected chi connectivity index (χ2v) is 4.27.